The fourth-order valence-electron chi connectivity index (χ4n) is 4.66. The Morgan fingerprint density at radius 1 is 1.16 bits per heavy atom. The maximum absolute atomic E-state index is 13.2. The Morgan fingerprint density at radius 2 is 1.89 bits per heavy atom. The first-order chi connectivity index (χ1) is 18.4. The van der Waals surface area contributed by atoms with Crippen LogP contribution in [0.15, 0.2) is 48.8 Å². The maximum atomic E-state index is 13.2. The molecule has 1 fully saturated rings. The number of benzene rings is 2. The topological polar surface area (TPSA) is 105 Å². The first kappa shape index (κ1) is 26.5. The van der Waals surface area contributed by atoms with E-state index in [-0.39, 0.29) is 5.91 Å². The molecule has 0 saturated carbocycles. The summed E-state index contributed by atoms with van der Waals surface area (Å²) in [6.07, 6.45) is 4.63. The zero-order chi connectivity index (χ0) is 26.6. The molecule has 1 unspecified atom stereocenters. The van der Waals surface area contributed by atoms with Crippen LogP contribution in [0, 0.1) is 6.92 Å². The summed E-state index contributed by atoms with van der Waals surface area (Å²) in [5.41, 5.74) is 10.8. The van der Waals surface area contributed by atoms with E-state index in [9.17, 15) is 4.79 Å². The number of carbonyl (C=O) groups is 1. The number of anilines is 4. The zero-order valence-corrected chi connectivity index (χ0v) is 23.6. The van der Waals surface area contributed by atoms with E-state index >= 15 is 0 Å². The number of fused-ring (bicyclic) bond motifs is 1. The van der Waals surface area contributed by atoms with Gasteiger partial charge >= 0.3 is 0 Å². The molecule has 4 N–H and O–H groups in total. The first-order valence-electron chi connectivity index (χ1n) is 12.7. The number of aromatic nitrogens is 2. The van der Waals surface area contributed by atoms with Crippen molar-refractivity contribution in [3.8, 4) is 0 Å². The van der Waals surface area contributed by atoms with Crippen LogP contribution in [0.25, 0.3) is 10.2 Å². The number of nitrogen functional groups attached to an aromatic ring is 1. The number of rotatable bonds is 8. The predicted molar refractivity (Wildman–Crippen MR) is 160 cm³/mol. The lowest BCUT2D eigenvalue weighted by atomic mass is 10.1. The van der Waals surface area contributed by atoms with Gasteiger partial charge in [-0.1, -0.05) is 18.2 Å². The van der Waals surface area contributed by atoms with Gasteiger partial charge in [-0.15, -0.1) is 20.6 Å². The van der Waals surface area contributed by atoms with Crippen LogP contribution in [0.2, 0.25) is 0 Å². The molecule has 0 bridgehead atoms. The summed E-state index contributed by atoms with van der Waals surface area (Å²) in [7, 11) is 4.90. The highest BCUT2D eigenvalue weighted by Crippen LogP contribution is 2.37. The lowest BCUT2D eigenvalue weighted by Gasteiger charge is -2.31. The highest BCUT2D eigenvalue weighted by Gasteiger charge is 2.21. The lowest BCUT2D eigenvalue weighted by molar-refractivity contribution is 0.0434. The molecule has 4 aromatic rings. The molecular formula is C28H33N6O2PS. The van der Waals surface area contributed by atoms with Crippen LogP contribution in [-0.4, -0.2) is 53.6 Å². The van der Waals surface area contributed by atoms with Crippen molar-refractivity contribution >= 4 is 64.9 Å². The summed E-state index contributed by atoms with van der Waals surface area (Å²) in [6, 6.07) is 14.6. The van der Waals surface area contributed by atoms with Crippen LogP contribution in [0.3, 0.4) is 0 Å². The molecule has 1 amide bonds. The van der Waals surface area contributed by atoms with Crippen LogP contribution < -0.4 is 21.7 Å². The number of nitrogens with one attached hydrogen (secondary N) is 2. The van der Waals surface area contributed by atoms with Crippen LogP contribution in [-0.2, 0) is 11.2 Å². The molecular weight excluding hydrogens is 515 g/mol. The van der Waals surface area contributed by atoms with Crippen LogP contribution in [0.1, 0.15) is 33.6 Å². The summed E-state index contributed by atoms with van der Waals surface area (Å²) < 4.78 is 5.47. The summed E-state index contributed by atoms with van der Waals surface area (Å²) in [5.74, 6) is 0.320. The van der Waals surface area contributed by atoms with Gasteiger partial charge in [0.25, 0.3) is 5.91 Å². The Bertz CT molecular complexity index is 1440. The number of hydrogen-bond donors (Lipinski definition) is 3. The standard InChI is InChI=1S/C28H33N6O2PS/c1-17-15-20(7-8-22(17)37)32-26-23-24(29)25(38-28(23)31-16-30-26)27(35)33-19-5-3-18(4-6-19)9-12-34(2)21-10-13-36-14-11-21/h3-8,15-16,21H,9-14,29,37H2,1-2H3,(H,33,35)(H,30,31,32). The van der Waals surface area contributed by atoms with Gasteiger partial charge in [0, 0.05) is 37.2 Å². The van der Waals surface area contributed by atoms with E-state index in [1.54, 1.807) is 0 Å². The quantitative estimate of drug-likeness (QED) is 0.273. The van der Waals surface area contributed by atoms with E-state index in [0.29, 0.717) is 32.6 Å². The summed E-state index contributed by atoms with van der Waals surface area (Å²) >= 11 is 1.26. The van der Waals surface area contributed by atoms with E-state index in [1.165, 1.54) is 23.2 Å². The number of thiophene rings is 1. The van der Waals surface area contributed by atoms with Gasteiger partial charge in [-0.25, -0.2) is 9.97 Å². The van der Waals surface area contributed by atoms with E-state index < -0.39 is 0 Å². The number of ether oxygens (including phenoxy) is 1. The molecule has 1 aliphatic heterocycles. The van der Waals surface area contributed by atoms with Gasteiger partial charge < -0.3 is 26.0 Å². The number of amides is 1. The highest BCUT2D eigenvalue weighted by atomic mass is 32.1. The molecule has 1 saturated heterocycles. The molecule has 8 nitrogen and oxygen atoms in total. The van der Waals surface area contributed by atoms with E-state index in [2.05, 4.69) is 53.9 Å². The van der Waals surface area contributed by atoms with Crippen molar-refractivity contribution in [3.05, 3.63) is 64.8 Å². The molecule has 0 aliphatic carbocycles. The van der Waals surface area contributed by atoms with E-state index in [1.807, 2.05) is 37.3 Å². The molecule has 38 heavy (non-hydrogen) atoms. The Balaban J connectivity index is 1.25. The third-order valence-electron chi connectivity index (χ3n) is 7.04. The minimum absolute atomic E-state index is 0.258. The Labute approximate surface area is 229 Å². The summed E-state index contributed by atoms with van der Waals surface area (Å²) in [6.45, 7) is 4.74. The van der Waals surface area contributed by atoms with Crippen LogP contribution in [0.4, 0.5) is 22.9 Å². The first-order valence-corrected chi connectivity index (χ1v) is 14.1. The van der Waals surface area contributed by atoms with E-state index in [4.69, 9.17) is 10.5 Å². The molecule has 5 rings (SSSR count). The second-order valence-corrected chi connectivity index (χ2v) is 11.3. The Kier molecular flexibility index (Phi) is 8.19. The van der Waals surface area contributed by atoms with Crippen molar-refractivity contribution in [3.63, 3.8) is 0 Å². The molecule has 0 radical (unpaired) electrons. The lowest BCUT2D eigenvalue weighted by Crippen LogP contribution is -2.37. The smallest absolute Gasteiger partial charge is 0.267 e. The number of nitrogens with two attached hydrogens (primary N) is 1. The van der Waals surface area contributed by atoms with Crippen molar-refractivity contribution in [2.45, 2.75) is 32.2 Å². The summed E-state index contributed by atoms with van der Waals surface area (Å²) in [4.78, 5) is 25.4. The molecule has 2 aromatic carbocycles. The molecule has 2 aromatic heterocycles. The van der Waals surface area contributed by atoms with Gasteiger partial charge in [-0.05, 0) is 73.9 Å². The molecule has 10 heteroatoms. The van der Waals surface area contributed by atoms with Crippen molar-refractivity contribution in [1.82, 2.24) is 14.9 Å². The van der Waals surface area contributed by atoms with Crippen molar-refractivity contribution in [2.75, 3.05) is 43.2 Å². The third-order valence-corrected chi connectivity index (χ3v) is 8.80. The average Bonchev–Trinajstić information content (AvgIpc) is 3.28. The second-order valence-electron chi connectivity index (χ2n) is 9.67. The fraction of sp³-hybridized carbons (Fsp3) is 0.321. The number of nitrogens with zero attached hydrogens (tertiary/aromatic N) is 3. The Morgan fingerprint density at radius 3 is 2.63 bits per heavy atom. The fourth-order valence-corrected chi connectivity index (χ4v) is 5.80. The van der Waals surface area contributed by atoms with Crippen molar-refractivity contribution in [1.29, 1.82) is 0 Å². The minimum Gasteiger partial charge on any atom is -0.397 e. The largest absolute Gasteiger partial charge is 0.397 e. The van der Waals surface area contributed by atoms with Crippen LogP contribution in [0.5, 0.6) is 0 Å². The predicted octanol–water partition coefficient (Wildman–Crippen LogP) is 4.73. The highest BCUT2D eigenvalue weighted by molar-refractivity contribution is 7.27. The number of carbonyl (C=O) groups excluding carboxylic acids is 1. The van der Waals surface area contributed by atoms with Gasteiger partial charge in [-0.3, -0.25) is 4.79 Å². The summed E-state index contributed by atoms with van der Waals surface area (Å²) in [5, 5.41) is 8.10. The normalized spacial score (nSPS) is 14.2. The minimum atomic E-state index is -0.258. The van der Waals surface area contributed by atoms with Gasteiger partial charge in [0.15, 0.2) is 0 Å². The number of likely N-dealkylation sites (N-methyl/N-ethyl adjacent to an activating group) is 1. The second kappa shape index (κ2) is 11.7. The molecule has 0 spiro atoms. The van der Waals surface area contributed by atoms with Gasteiger partial charge in [0.1, 0.15) is 21.9 Å². The van der Waals surface area contributed by atoms with Gasteiger partial charge in [0.2, 0.25) is 0 Å². The van der Waals surface area contributed by atoms with E-state index in [0.717, 1.165) is 61.3 Å². The monoisotopic (exact) mass is 548 g/mol. The third kappa shape index (κ3) is 5.97. The molecule has 1 aliphatic rings. The Hall–Kier alpha value is -3.10. The van der Waals surface area contributed by atoms with Crippen molar-refractivity contribution < 1.29 is 9.53 Å². The molecule has 198 valence electrons. The molecule has 1 atom stereocenters. The number of hydrogen-bond acceptors (Lipinski definition) is 8. The van der Waals surface area contributed by atoms with Gasteiger partial charge in [-0.2, -0.15) is 0 Å². The molecule has 3 heterocycles. The average molecular weight is 549 g/mol. The van der Waals surface area contributed by atoms with Gasteiger partial charge in [0.05, 0.1) is 11.1 Å². The van der Waals surface area contributed by atoms with Crippen LogP contribution >= 0.6 is 20.6 Å². The van der Waals surface area contributed by atoms with Crippen molar-refractivity contribution in [2.24, 2.45) is 0 Å². The zero-order valence-electron chi connectivity index (χ0n) is 21.7. The SMILES string of the molecule is Cc1cc(Nc2ncnc3sc(C(=O)Nc4ccc(CCN(C)C5CCOCC5)cc4)c(N)c23)ccc1P. The number of aryl methyl sites for hydroxylation is 1. The maximum Gasteiger partial charge on any atom is 0.267 e.